The van der Waals surface area contributed by atoms with Crippen molar-refractivity contribution in [3.05, 3.63) is 35.9 Å². The van der Waals surface area contributed by atoms with Crippen molar-refractivity contribution in [1.29, 1.82) is 0 Å². The molecule has 1 aliphatic carbocycles. The van der Waals surface area contributed by atoms with E-state index < -0.39 is 0 Å². The maximum Gasteiger partial charge on any atom is 0.00674 e. The molecule has 0 amide bonds. The summed E-state index contributed by atoms with van der Waals surface area (Å²) in [6.07, 6.45) is 6.65. The highest BCUT2D eigenvalue weighted by molar-refractivity contribution is 5.20. The molecule has 1 aromatic carbocycles. The molecule has 1 nitrogen and oxygen atoms in total. The van der Waals surface area contributed by atoms with Gasteiger partial charge in [0, 0.05) is 6.04 Å². The molecule has 0 aliphatic heterocycles. The predicted molar refractivity (Wildman–Crippen MR) is 69.7 cm³/mol. The zero-order chi connectivity index (χ0) is 11.2. The van der Waals surface area contributed by atoms with Crippen molar-refractivity contribution in [2.24, 2.45) is 0 Å². The molecule has 0 radical (unpaired) electrons. The summed E-state index contributed by atoms with van der Waals surface area (Å²) in [5.41, 5.74) is 1.54. The molecular formula is C15H23N. The van der Waals surface area contributed by atoms with Gasteiger partial charge in [0.25, 0.3) is 0 Å². The minimum Gasteiger partial charge on any atom is -0.314 e. The third-order valence-electron chi connectivity index (χ3n) is 3.68. The summed E-state index contributed by atoms with van der Waals surface area (Å²) in [5.74, 6) is 0.806. The van der Waals surface area contributed by atoms with E-state index in [2.05, 4.69) is 42.6 Å². The zero-order valence-corrected chi connectivity index (χ0v) is 10.3. The standard InChI is InChI=1S/C15H23N/c1-2-12-16-15-10-8-14(9-11-15)13-6-4-3-5-7-13/h3-7,14-16H,2,8-12H2,1H3/t14-,15-. The van der Waals surface area contributed by atoms with Gasteiger partial charge >= 0.3 is 0 Å². The highest BCUT2D eigenvalue weighted by Crippen LogP contribution is 2.32. The van der Waals surface area contributed by atoms with Crippen molar-refractivity contribution in [2.75, 3.05) is 6.54 Å². The Labute approximate surface area is 99.3 Å². The molecule has 16 heavy (non-hydrogen) atoms. The molecule has 0 aromatic heterocycles. The van der Waals surface area contributed by atoms with Crippen LogP contribution in [0.4, 0.5) is 0 Å². The van der Waals surface area contributed by atoms with E-state index in [0.29, 0.717) is 0 Å². The van der Waals surface area contributed by atoms with Crippen LogP contribution in [0.3, 0.4) is 0 Å². The van der Waals surface area contributed by atoms with Gasteiger partial charge in [-0.1, -0.05) is 37.3 Å². The third-order valence-corrected chi connectivity index (χ3v) is 3.68. The van der Waals surface area contributed by atoms with Gasteiger partial charge in [0.2, 0.25) is 0 Å². The molecule has 1 saturated carbocycles. The van der Waals surface area contributed by atoms with Crippen LogP contribution in [0.5, 0.6) is 0 Å². The lowest BCUT2D eigenvalue weighted by Gasteiger charge is -2.29. The SMILES string of the molecule is CCCN[C@H]1CC[C@H](c2ccccc2)CC1. The van der Waals surface area contributed by atoms with Gasteiger partial charge in [-0.25, -0.2) is 0 Å². The van der Waals surface area contributed by atoms with E-state index in [9.17, 15) is 0 Å². The van der Waals surface area contributed by atoms with Gasteiger partial charge in [0.1, 0.15) is 0 Å². The summed E-state index contributed by atoms with van der Waals surface area (Å²) >= 11 is 0. The normalized spacial score (nSPS) is 25.6. The average Bonchev–Trinajstić information content (AvgIpc) is 2.38. The molecule has 88 valence electrons. The van der Waals surface area contributed by atoms with Crippen LogP contribution in [-0.2, 0) is 0 Å². The fraction of sp³-hybridized carbons (Fsp3) is 0.600. The molecule has 1 heteroatoms. The molecule has 1 N–H and O–H groups in total. The second kappa shape index (κ2) is 6.05. The smallest absolute Gasteiger partial charge is 0.00674 e. The molecule has 0 unspecified atom stereocenters. The summed E-state index contributed by atoms with van der Waals surface area (Å²) in [6, 6.07) is 11.8. The van der Waals surface area contributed by atoms with E-state index in [0.717, 1.165) is 12.0 Å². The van der Waals surface area contributed by atoms with Crippen molar-refractivity contribution in [2.45, 2.75) is 51.0 Å². The highest BCUT2D eigenvalue weighted by Gasteiger charge is 2.21. The third kappa shape index (κ3) is 3.08. The summed E-state index contributed by atoms with van der Waals surface area (Å²) < 4.78 is 0. The Balaban J connectivity index is 1.81. The summed E-state index contributed by atoms with van der Waals surface area (Å²) in [4.78, 5) is 0. The van der Waals surface area contributed by atoms with Crippen LogP contribution < -0.4 is 5.32 Å². The van der Waals surface area contributed by atoms with Gasteiger partial charge in [-0.3, -0.25) is 0 Å². The molecule has 0 saturated heterocycles. The minimum atomic E-state index is 0.778. The van der Waals surface area contributed by atoms with Gasteiger partial charge < -0.3 is 5.32 Å². The average molecular weight is 217 g/mol. The lowest BCUT2D eigenvalue weighted by molar-refractivity contribution is 0.343. The monoisotopic (exact) mass is 217 g/mol. The Morgan fingerprint density at radius 3 is 2.38 bits per heavy atom. The van der Waals surface area contributed by atoms with Gasteiger partial charge in [0.15, 0.2) is 0 Å². The van der Waals surface area contributed by atoms with E-state index in [-0.39, 0.29) is 0 Å². The second-order valence-corrected chi connectivity index (χ2v) is 4.91. The van der Waals surface area contributed by atoms with Crippen LogP contribution in [0, 0.1) is 0 Å². The van der Waals surface area contributed by atoms with Gasteiger partial charge in [-0.2, -0.15) is 0 Å². The summed E-state index contributed by atoms with van der Waals surface area (Å²) in [6.45, 7) is 3.42. The van der Waals surface area contributed by atoms with E-state index >= 15 is 0 Å². The fourth-order valence-electron chi connectivity index (χ4n) is 2.70. The number of nitrogens with one attached hydrogen (secondary N) is 1. The molecule has 0 atom stereocenters. The van der Waals surface area contributed by atoms with Crippen LogP contribution in [0.2, 0.25) is 0 Å². The lowest BCUT2D eigenvalue weighted by atomic mass is 9.82. The van der Waals surface area contributed by atoms with Crippen LogP contribution in [0.25, 0.3) is 0 Å². The van der Waals surface area contributed by atoms with Crippen LogP contribution in [0.1, 0.15) is 50.5 Å². The summed E-state index contributed by atoms with van der Waals surface area (Å²) in [7, 11) is 0. The van der Waals surface area contributed by atoms with E-state index in [1.165, 1.54) is 44.2 Å². The first-order valence-electron chi connectivity index (χ1n) is 6.68. The van der Waals surface area contributed by atoms with E-state index in [1.807, 2.05) is 0 Å². The van der Waals surface area contributed by atoms with Crippen molar-refractivity contribution >= 4 is 0 Å². The molecule has 1 aromatic rings. The largest absolute Gasteiger partial charge is 0.314 e. The highest BCUT2D eigenvalue weighted by atomic mass is 14.9. The molecule has 1 fully saturated rings. The molecule has 0 bridgehead atoms. The number of hydrogen-bond acceptors (Lipinski definition) is 1. The van der Waals surface area contributed by atoms with Crippen molar-refractivity contribution in [3.8, 4) is 0 Å². The Bertz CT molecular complexity index is 286. The van der Waals surface area contributed by atoms with Gasteiger partial charge in [-0.05, 0) is 50.1 Å². The van der Waals surface area contributed by atoms with Crippen LogP contribution >= 0.6 is 0 Å². The molecular weight excluding hydrogens is 194 g/mol. The topological polar surface area (TPSA) is 12.0 Å². The van der Waals surface area contributed by atoms with Crippen molar-refractivity contribution in [3.63, 3.8) is 0 Å². The molecule has 1 aliphatic rings. The van der Waals surface area contributed by atoms with Crippen molar-refractivity contribution < 1.29 is 0 Å². The zero-order valence-electron chi connectivity index (χ0n) is 10.3. The fourth-order valence-corrected chi connectivity index (χ4v) is 2.70. The van der Waals surface area contributed by atoms with Crippen molar-refractivity contribution in [1.82, 2.24) is 5.32 Å². The van der Waals surface area contributed by atoms with Gasteiger partial charge in [0.05, 0.1) is 0 Å². The first-order valence-corrected chi connectivity index (χ1v) is 6.68. The number of rotatable bonds is 4. The Morgan fingerprint density at radius 2 is 1.75 bits per heavy atom. The van der Waals surface area contributed by atoms with Gasteiger partial charge in [-0.15, -0.1) is 0 Å². The molecule has 0 heterocycles. The Hall–Kier alpha value is -0.820. The second-order valence-electron chi connectivity index (χ2n) is 4.91. The quantitative estimate of drug-likeness (QED) is 0.810. The Morgan fingerprint density at radius 1 is 1.06 bits per heavy atom. The molecule has 0 spiro atoms. The maximum atomic E-state index is 3.64. The predicted octanol–water partition coefficient (Wildman–Crippen LogP) is 3.71. The maximum absolute atomic E-state index is 3.64. The number of hydrogen-bond donors (Lipinski definition) is 1. The summed E-state index contributed by atoms with van der Waals surface area (Å²) in [5, 5.41) is 3.64. The molecule has 2 rings (SSSR count). The van der Waals surface area contributed by atoms with Crippen LogP contribution in [0.15, 0.2) is 30.3 Å². The van der Waals surface area contributed by atoms with E-state index in [1.54, 1.807) is 0 Å². The Kier molecular flexibility index (Phi) is 4.41. The lowest BCUT2D eigenvalue weighted by Crippen LogP contribution is -2.33. The number of benzene rings is 1. The first-order chi connectivity index (χ1) is 7.90. The first kappa shape index (κ1) is 11.7. The van der Waals surface area contributed by atoms with E-state index in [4.69, 9.17) is 0 Å². The minimum absolute atomic E-state index is 0.778. The van der Waals surface area contributed by atoms with Crippen LogP contribution in [-0.4, -0.2) is 12.6 Å².